The van der Waals surface area contributed by atoms with Crippen molar-refractivity contribution < 1.29 is 4.79 Å². The lowest BCUT2D eigenvalue weighted by molar-refractivity contribution is -0.135. The van der Waals surface area contributed by atoms with Crippen LogP contribution in [-0.4, -0.2) is 5.91 Å². The van der Waals surface area contributed by atoms with Crippen molar-refractivity contribution in [3.63, 3.8) is 0 Å². The predicted octanol–water partition coefficient (Wildman–Crippen LogP) is 2.08. The Hall–Kier alpha value is -0.530. The van der Waals surface area contributed by atoms with E-state index in [1.807, 2.05) is 0 Å². The SMILES string of the molecule is NC(=O)C12CC3C[C@@H](CC[C@H](C3)C1)C2. The first-order valence-corrected chi connectivity index (χ1v) is 5.98. The first-order valence-electron chi connectivity index (χ1n) is 5.98. The number of hydrogen-bond donors (Lipinski definition) is 1. The predicted molar refractivity (Wildman–Crippen MR) is 54.4 cm³/mol. The minimum Gasteiger partial charge on any atom is -0.369 e. The zero-order valence-electron chi connectivity index (χ0n) is 8.67. The second-order valence-corrected chi connectivity index (χ2v) is 5.90. The normalized spacial score (nSPS) is 50.4. The molecule has 2 N–H and O–H groups in total. The van der Waals surface area contributed by atoms with Gasteiger partial charge in [0.1, 0.15) is 0 Å². The number of fused-ring (bicyclic) bond motifs is 1. The fourth-order valence-corrected chi connectivity index (χ4v) is 4.49. The minimum absolute atomic E-state index is 0.00111. The van der Waals surface area contributed by atoms with Crippen molar-refractivity contribution in [1.29, 1.82) is 0 Å². The van der Waals surface area contributed by atoms with Crippen molar-refractivity contribution >= 4 is 5.91 Å². The van der Waals surface area contributed by atoms with Crippen LogP contribution in [0.2, 0.25) is 0 Å². The van der Waals surface area contributed by atoms with Crippen LogP contribution in [0, 0.1) is 23.2 Å². The van der Waals surface area contributed by atoms with Gasteiger partial charge in [0.15, 0.2) is 0 Å². The van der Waals surface area contributed by atoms with Crippen molar-refractivity contribution in [1.82, 2.24) is 0 Å². The van der Waals surface area contributed by atoms with Crippen LogP contribution in [0.4, 0.5) is 0 Å². The molecule has 0 aromatic carbocycles. The van der Waals surface area contributed by atoms with Gasteiger partial charge in [-0.15, -0.1) is 0 Å². The zero-order chi connectivity index (χ0) is 9.76. The molecule has 4 aliphatic rings. The number of nitrogens with two attached hydrogens (primary N) is 1. The molecule has 1 amide bonds. The van der Waals surface area contributed by atoms with Gasteiger partial charge in [0.05, 0.1) is 0 Å². The molecule has 0 heterocycles. The van der Waals surface area contributed by atoms with E-state index in [2.05, 4.69) is 0 Å². The van der Waals surface area contributed by atoms with Crippen LogP contribution in [0.25, 0.3) is 0 Å². The third-order valence-electron chi connectivity index (χ3n) is 4.88. The first-order chi connectivity index (χ1) is 6.68. The van der Waals surface area contributed by atoms with Gasteiger partial charge in [0.2, 0.25) is 5.91 Å². The molecule has 78 valence electrons. The molecule has 4 fully saturated rings. The summed E-state index contributed by atoms with van der Waals surface area (Å²) in [5.41, 5.74) is 5.55. The Morgan fingerprint density at radius 3 is 2.00 bits per heavy atom. The molecule has 0 aromatic rings. The van der Waals surface area contributed by atoms with Crippen LogP contribution in [0.5, 0.6) is 0 Å². The highest BCUT2D eigenvalue weighted by Gasteiger charge is 2.51. The second-order valence-electron chi connectivity index (χ2n) is 5.90. The van der Waals surface area contributed by atoms with Gasteiger partial charge >= 0.3 is 0 Å². The van der Waals surface area contributed by atoms with E-state index >= 15 is 0 Å². The Labute approximate surface area is 85.2 Å². The molecule has 4 rings (SSSR count). The molecule has 4 bridgehead atoms. The lowest BCUT2D eigenvalue weighted by Gasteiger charge is -2.46. The van der Waals surface area contributed by atoms with Crippen molar-refractivity contribution in [2.24, 2.45) is 28.9 Å². The van der Waals surface area contributed by atoms with Crippen LogP contribution < -0.4 is 5.73 Å². The molecule has 2 nitrogen and oxygen atoms in total. The molecular formula is C12H19NO. The van der Waals surface area contributed by atoms with Crippen LogP contribution in [0.15, 0.2) is 0 Å². The average Bonchev–Trinajstić information content (AvgIpc) is 2.32. The van der Waals surface area contributed by atoms with Crippen molar-refractivity contribution in [3.8, 4) is 0 Å². The highest BCUT2D eigenvalue weighted by molar-refractivity contribution is 5.81. The summed E-state index contributed by atoms with van der Waals surface area (Å²) in [4.78, 5) is 11.6. The summed E-state index contributed by atoms with van der Waals surface area (Å²) in [7, 11) is 0. The Morgan fingerprint density at radius 2 is 1.50 bits per heavy atom. The van der Waals surface area contributed by atoms with Gasteiger partial charge in [-0.3, -0.25) is 4.79 Å². The number of hydrogen-bond acceptors (Lipinski definition) is 1. The Balaban J connectivity index is 1.97. The van der Waals surface area contributed by atoms with Crippen molar-refractivity contribution in [2.45, 2.75) is 44.9 Å². The maximum atomic E-state index is 11.6. The van der Waals surface area contributed by atoms with Gasteiger partial charge in [-0.25, -0.2) is 0 Å². The van der Waals surface area contributed by atoms with Crippen molar-refractivity contribution in [2.75, 3.05) is 0 Å². The summed E-state index contributed by atoms with van der Waals surface area (Å²) in [6.07, 6.45) is 8.80. The molecule has 0 saturated heterocycles. The monoisotopic (exact) mass is 193 g/mol. The molecule has 0 aliphatic heterocycles. The molecule has 4 aliphatic carbocycles. The largest absolute Gasteiger partial charge is 0.369 e. The topological polar surface area (TPSA) is 43.1 Å². The summed E-state index contributed by atoms with van der Waals surface area (Å²) in [6, 6.07) is 0. The molecule has 0 unspecified atom stereocenters. The molecule has 2 atom stereocenters. The molecule has 4 saturated carbocycles. The number of amides is 1. The smallest absolute Gasteiger partial charge is 0.223 e. The highest BCUT2D eigenvalue weighted by atomic mass is 16.1. The molecule has 2 heteroatoms. The van der Waals surface area contributed by atoms with Gasteiger partial charge in [-0.05, 0) is 49.9 Å². The third kappa shape index (κ3) is 1.12. The van der Waals surface area contributed by atoms with Crippen molar-refractivity contribution in [3.05, 3.63) is 0 Å². The Kier molecular flexibility index (Phi) is 1.71. The minimum atomic E-state index is -0.0764. The Bertz CT molecular complexity index is 257. The lowest BCUT2D eigenvalue weighted by Crippen LogP contribution is -2.46. The summed E-state index contributed by atoms with van der Waals surface area (Å²) in [5.74, 6) is 2.45. The summed E-state index contributed by atoms with van der Waals surface area (Å²) < 4.78 is 0. The van der Waals surface area contributed by atoms with E-state index in [9.17, 15) is 4.79 Å². The quantitative estimate of drug-likeness (QED) is 0.680. The number of primary amides is 1. The lowest BCUT2D eigenvalue weighted by atomic mass is 9.58. The van der Waals surface area contributed by atoms with Gasteiger partial charge in [-0.1, -0.05) is 12.8 Å². The number of rotatable bonds is 1. The van der Waals surface area contributed by atoms with E-state index in [1.54, 1.807) is 0 Å². The van der Waals surface area contributed by atoms with Gasteiger partial charge in [-0.2, -0.15) is 0 Å². The first kappa shape index (κ1) is 8.75. The zero-order valence-corrected chi connectivity index (χ0v) is 8.67. The fraction of sp³-hybridized carbons (Fsp3) is 0.917. The average molecular weight is 193 g/mol. The molecule has 0 radical (unpaired) electrons. The maximum absolute atomic E-state index is 11.6. The summed E-state index contributed by atoms with van der Waals surface area (Å²) >= 11 is 0. The van der Waals surface area contributed by atoms with E-state index in [0.29, 0.717) is 0 Å². The van der Waals surface area contributed by atoms with Gasteiger partial charge in [0.25, 0.3) is 0 Å². The third-order valence-corrected chi connectivity index (χ3v) is 4.88. The molecule has 14 heavy (non-hydrogen) atoms. The van der Waals surface area contributed by atoms with Crippen LogP contribution in [0.3, 0.4) is 0 Å². The molecule has 0 aromatic heterocycles. The van der Waals surface area contributed by atoms with Crippen LogP contribution >= 0.6 is 0 Å². The van der Waals surface area contributed by atoms with E-state index in [1.165, 1.54) is 25.7 Å². The van der Waals surface area contributed by atoms with Gasteiger partial charge < -0.3 is 5.73 Å². The fourth-order valence-electron chi connectivity index (χ4n) is 4.49. The van der Waals surface area contributed by atoms with E-state index < -0.39 is 0 Å². The van der Waals surface area contributed by atoms with E-state index in [-0.39, 0.29) is 11.3 Å². The van der Waals surface area contributed by atoms with Crippen LogP contribution in [0.1, 0.15) is 44.9 Å². The van der Waals surface area contributed by atoms with Crippen LogP contribution in [-0.2, 0) is 4.79 Å². The van der Waals surface area contributed by atoms with Gasteiger partial charge in [0, 0.05) is 5.41 Å². The number of carbonyl (C=O) groups excluding carboxylic acids is 1. The maximum Gasteiger partial charge on any atom is 0.223 e. The standard InChI is InChI=1S/C12H19NO/c13-11(14)12-5-8-1-2-9(6-12)4-10(3-8)7-12/h8-10H,1-7H2,(H2,13,14)/t8-,9-,10?,12?/m1/s1. The summed E-state index contributed by atoms with van der Waals surface area (Å²) in [6.45, 7) is 0. The van der Waals surface area contributed by atoms with E-state index in [4.69, 9.17) is 5.73 Å². The van der Waals surface area contributed by atoms with E-state index in [0.717, 1.165) is 37.0 Å². The number of carbonyl (C=O) groups is 1. The highest BCUT2D eigenvalue weighted by Crippen LogP contribution is 2.57. The molecular weight excluding hydrogens is 174 g/mol. The second kappa shape index (κ2) is 2.74. The molecule has 0 spiro atoms. The summed E-state index contributed by atoms with van der Waals surface area (Å²) in [5, 5.41) is 0. The Morgan fingerprint density at radius 1 is 1.00 bits per heavy atom.